The molecule has 3 N–H and O–H groups in total. The molecule has 0 aliphatic carbocycles. The molecule has 0 aliphatic rings. The number of hydrogen-bond acceptors (Lipinski definition) is 7. The van der Waals surface area contributed by atoms with Gasteiger partial charge in [0.25, 0.3) is 5.69 Å². The number of aromatic amines is 2. The largest absolute Gasteiger partial charge is 0.846 e. The molecule has 0 radical (unpaired) electrons. The summed E-state index contributed by atoms with van der Waals surface area (Å²) in [5.41, 5.74) is 3.70. The van der Waals surface area contributed by atoms with Crippen LogP contribution in [0.15, 0.2) is 57.7 Å². The summed E-state index contributed by atoms with van der Waals surface area (Å²) in [7, 11) is 0. The molecule has 220 valence electrons. The number of H-pyrrole nitrogens is 2. The molecule has 0 fully saturated rings. The van der Waals surface area contributed by atoms with Gasteiger partial charge in [0, 0.05) is 32.4 Å². The lowest BCUT2D eigenvalue weighted by Crippen LogP contribution is -2.26. The number of hydrogen-bond donors (Lipinski definition) is 3. The number of fused-ring (bicyclic) bond motifs is 1. The Hall–Kier alpha value is -4.73. The molecule has 0 atom stereocenters. The predicted octanol–water partition coefficient (Wildman–Crippen LogP) is 7.78. The first-order valence-electron chi connectivity index (χ1n) is 13.2. The second-order valence-corrected chi connectivity index (χ2v) is 12.7. The van der Waals surface area contributed by atoms with Crippen molar-refractivity contribution in [2.24, 2.45) is 15.2 Å². The lowest BCUT2D eigenvalue weighted by molar-refractivity contribution is -0.214. The number of benzene rings is 2. The molecule has 0 spiro atoms. The first-order valence-corrected chi connectivity index (χ1v) is 13.9. The molecule has 0 amide bonds. The van der Waals surface area contributed by atoms with Crippen molar-refractivity contribution in [3.8, 4) is 11.4 Å². The smallest absolute Gasteiger partial charge is 0.255 e. The third-order valence-corrected chi connectivity index (χ3v) is 6.76. The van der Waals surface area contributed by atoms with Crippen molar-refractivity contribution in [2.45, 2.75) is 52.4 Å². The number of amidine groups is 1. The minimum absolute atomic E-state index is 0.209. The van der Waals surface area contributed by atoms with E-state index in [4.69, 9.17) is 34.8 Å². The second-order valence-electron chi connectivity index (χ2n) is 11.8. The highest BCUT2D eigenvalue weighted by Gasteiger charge is 2.27. The summed E-state index contributed by atoms with van der Waals surface area (Å²) in [5.74, 6) is 0.644. The maximum atomic E-state index is 12.4. The van der Waals surface area contributed by atoms with E-state index in [9.17, 15) is 5.11 Å². The molecular weight excluding hydrogens is 589 g/mol. The van der Waals surface area contributed by atoms with Crippen molar-refractivity contribution in [1.82, 2.24) is 30.0 Å². The van der Waals surface area contributed by atoms with E-state index in [1.54, 1.807) is 47.1 Å². The predicted molar refractivity (Wildman–Crippen MR) is 166 cm³/mol. The first kappa shape index (κ1) is 29.8. The van der Waals surface area contributed by atoms with Crippen LogP contribution >= 0.6 is 23.2 Å². The summed E-state index contributed by atoms with van der Waals surface area (Å²) in [6, 6.07) is 11.1. The average molecular weight is 618 g/mol. The summed E-state index contributed by atoms with van der Waals surface area (Å²) in [6.45, 7) is 19.7. The monoisotopic (exact) mass is 616 g/mol. The van der Waals surface area contributed by atoms with Gasteiger partial charge in [-0.2, -0.15) is 9.73 Å². The molecule has 14 heteroatoms. The van der Waals surface area contributed by atoms with Crippen molar-refractivity contribution in [2.75, 3.05) is 5.32 Å². The summed E-state index contributed by atoms with van der Waals surface area (Å²) in [4.78, 5) is 12.4. The van der Waals surface area contributed by atoms with Crippen molar-refractivity contribution in [3.63, 3.8) is 0 Å². The van der Waals surface area contributed by atoms with Gasteiger partial charge >= 0.3 is 0 Å². The molecule has 12 nitrogen and oxygen atoms in total. The number of rotatable bonds is 5. The number of nitrogens with one attached hydrogen (secondary N) is 3. The van der Waals surface area contributed by atoms with Gasteiger partial charge in [-0.3, -0.25) is 10.2 Å². The average Bonchev–Trinajstić information content (AvgIpc) is 3.59. The van der Waals surface area contributed by atoms with E-state index in [1.165, 1.54) is 0 Å². The molecule has 3 aromatic heterocycles. The Bertz CT molecular complexity index is 1890. The van der Waals surface area contributed by atoms with Gasteiger partial charge in [0.05, 0.1) is 24.0 Å². The molecule has 0 bridgehead atoms. The highest BCUT2D eigenvalue weighted by atomic mass is 35.5. The Balaban J connectivity index is 1.44. The van der Waals surface area contributed by atoms with Crippen LogP contribution in [0.25, 0.3) is 21.9 Å². The summed E-state index contributed by atoms with van der Waals surface area (Å²) in [5, 5.41) is 39.8. The fraction of sp³-hybridized carbons (Fsp3) is 0.276. The van der Waals surface area contributed by atoms with Crippen LogP contribution in [-0.4, -0.2) is 36.0 Å². The molecule has 0 saturated heterocycles. The van der Waals surface area contributed by atoms with Crippen molar-refractivity contribution < 1.29 is 5.11 Å². The fourth-order valence-electron chi connectivity index (χ4n) is 4.26. The van der Waals surface area contributed by atoms with E-state index in [-0.39, 0.29) is 16.6 Å². The van der Waals surface area contributed by atoms with Crippen LogP contribution in [0, 0.1) is 6.57 Å². The van der Waals surface area contributed by atoms with Gasteiger partial charge in [-0.1, -0.05) is 64.7 Å². The van der Waals surface area contributed by atoms with E-state index in [0.29, 0.717) is 55.5 Å². The van der Waals surface area contributed by atoms with E-state index < -0.39 is 6.02 Å². The topological polar surface area (TPSA) is 151 Å². The molecule has 3 heterocycles. The number of azo groups is 1. The Morgan fingerprint density at radius 1 is 0.977 bits per heavy atom. The van der Waals surface area contributed by atoms with Crippen LogP contribution in [0.2, 0.25) is 10.0 Å². The summed E-state index contributed by atoms with van der Waals surface area (Å²) in [6.07, 6.45) is 0. The van der Waals surface area contributed by atoms with Gasteiger partial charge in [-0.05, 0) is 47.9 Å². The lowest BCUT2D eigenvalue weighted by atomic mass is 9.91. The van der Waals surface area contributed by atoms with E-state index >= 15 is 0 Å². The molecule has 43 heavy (non-hydrogen) atoms. The zero-order valence-corrected chi connectivity index (χ0v) is 25.8. The van der Waals surface area contributed by atoms with Crippen LogP contribution in [0.4, 0.5) is 28.6 Å². The molecule has 0 aliphatic heterocycles. The van der Waals surface area contributed by atoms with Crippen LogP contribution in [-0.2, 0) is 10.8 Å². The molecule has 2 aromatic carbocycles. The first-order chi connectivity index (χ1) is 20.2. The minimum atomic E-state index is -0.572. The summed E-state index contributed by atoms with van der Waals surface area (Å²) >= 11 is 12.0. The standard InChI is InChI=1S/C29H29Cl2N11O/c1-28(2,3)22-20(32-7)25(39-37-22)38-36-21-23(29(4,5)6)40-42-26(21)35-24(41-42)15-8-10-18(11-9-15)33-27(43)34-19-13-16(30)12-17(31)14-19/h8-14,40H,1-6H3,(H,37,39)(H2,33,34,43)/p-1. The van der Waals surface area contributed by atoms with Crippen molar-refractivity contribution in [3.05, 3.63) is 75.3 Å². The van der Waals surface area contributed by atoms with Gasteiger partial charge in [-0.25, -0.2) is 14.8 Å². The third-order valence-electron chi connectivity index (χ3n) is 6.32. The van der Waals surface area contributed by atoms with Crippen molar-refractivity contribution >= 4 is 63.4 Å². The molecule has 5 rings (SSSR count). The van der Waals surface area contributed by atoms with Crippen LogP contribution in [0.3, 0.4) is 0 Å². The number of halogens is 2. The van der Waals surface area contributed by atoms with Crippen LogP contribution in [0.1, 0.15) is 52.9 Å². The molecule has 5 aromatic rings. The normalized spacial score (nSPS) is 12.8. The Morgan fingerprint density at radius 2 is 1.63 bits per heavy atom. The van der Waals surface area contributed by atoms with Crippen LogP contribution < -0.4 is 10.4 Å². The number of nitrogens with zero attached hydrogens (tertiary/aromatic N) is 8. The zero-order valence-electron chi connectivity index (χ0n) is 24.3. The molecular formula is C29H28Cl2N11O-. The van der Waals surface area contributed by atoms with Gasteiger partial charge in [0.15, 0.2) is 11.5 Å². The Kier molecular flexibility index (Phi) is 7.72. The van der Waals surface area contributed by atoms with E-state index in [0.717, 1.165) is 5.69 Å². The second kappa shape index (κ2) is 11.2. The van der Waals surface area contributed by atoms with Gasteiger partial charge in [0.1, 0.15) is 0 Å². The highest BCUT2D eigenvalue weighted by molar-refractivity contribution is 6.35. The van der Waals surface area contributed by atoms with Gasteiger partial charge in [0.2, 0.25) is 11.5 Å². The van der Waals surface area contributed by atoms with E-state index in [1.807, 2.05) is 41.5 Å². The Labute approximate surface area is 257 Å². The number of aromatic nitrogens is 6. The lowest BCUT2D eigenvalue weighted by Gasteiger charge is -2.16. The highest BCUT2D eigenvalue weighted by Crippen LogP contribution is 2.39. The van der Waals surface area contributed by atoms with Gasteiger partial charge in [-0.15, -0.1) is 15.3 Å². The zero-order chi connectivity index (χ0) is 31.1. The van der Waals surface area contributed by atoms with Gasteiger partial charge < -0.3 is 10.4 Å². The number of aliphatic imine (C=N–C) groups is 1. The third kappa shape index (κ3) is 6.38. The molecule has 0 saturated carbocycles. The van der Waals surface area contributed by atoms with E-state index in [2.05, 4.69) is 45.8 Å². The minimum Gasteiger partial charge on any atom is -0.846 e. The maximum absolute atomic E-state index is 12.4. The number of anilines is 1. The summed E-state index contributed by atoms with van der Waals surface area (Å²) < 4.78 is 1.55. The van der Waals surface area contributed by atoms with Crippen LogP contribution in [0.5, 0.6) is 0 Å². The molecule has 0 unspecified atom stereocenters. The fourth-order valence-corrected chi connectivity index (χ4v) is 4.78. The maximum Gasteiger partial charge on any atom is 0.255 e. The quantitative estimate of drug-likeness (QED) is 0.0796. The Morgan fingerprint density at radius 3 is 2.23 bits per heavy atom. The SMILES string of the molecule is [C-]#[N+]c1c(N=Nc2c(C(C)(C)C)[nH]n3nc(-c4ccc(N=C([O-])Nc5cc(Cl)cc(Cl)c5)cc4)nc23)n[nH]c1C(C)(C)C. The van der Waals surface area contributed by atoms with Crippen molar-refractivity contribution in [1.29, 1.82) is 0 Å².